The molecule has 0 spiro atoms. The van der Waals surface area contributed by atoms with Gasteiger partial charge in [0.15, 0.2) is 0 Å². The lowest BCUT2D eigenvalue weighted by Crippen LogP contribution is -2.42. The minimum Gasteiger partial charge on any atom is -0.352 e. The molecule has 6 nitrogen and oxygen atoms in total. The molecule has 1 fully saturated rings. The van der Waals surface area contributed by atoms with Gasteiger partial charge in [-0.1, -0.05) is 18.6 Å². The highest BCUT2D eigenvalue weighted by molar-refractivity contribution is 7.89. The first kappa shape index (κ1) is 20.5. The van der Waals surface area contributed by atoms with Crippen LogP contribution < -0.4 is 5.32 Å². The number of amides is 1. The Balaban J connectivity index is 1.74. The van der Waals surface area contributed by atoms with Gasteiger partial charge in [0.1, 0.15) is 0 Å². The van der Waals surface area contributed by atoms with Crippen LogP contribution in [0.1, 0.15) is 47.8 Å². The maximum Gasteiger partial charge on any atom is 0.251 e. The first-order valence-electron chi connectivity index (χ1n) is 9.70. The van der Waals surface area contributed by atoms with E-state index in [0.717, 1.165) is 30.5 Å². The standard InChI is InChI=1S/C21H27N3O3S/c1-16-9-10-19(28(26,27)24-14-6-4-7-17(24)2)15-20(16)21(25)23-13-11-18-8-3-5-12-22-18/h3,5,8-10,12,15,17H,4,6-7,11,13-14H2,1-2H3,(H,23,25)/t17-/m1/s1. The molecule has 2 aromatic rings. The number of carbonyl (C=O) groups is 1. The minimum atomic E-state index is -3.60. The first-order valence-corrected chi connectivity index (χ1v) is 11.1. The van der Waals surface area contributed by atoms with Gasteiger partial charge in [-0.2, -0.15) is 4.31 Å². The van der Waals surface area contributed by atoms with Crippen LogP contribution in [0.5, 0.6) is 0 Å². The number of rotatable bonds is 6. The quantitative estimate of drug-likeness (QED) is 0.807. The van der Waals surface area contributed by atoms with Crippen molar-refractivity contribution in [1.29, 1.82) is 0 Å². The van der Waals surface area contributed by atoms with Crippen LogP contribution in [0, 0.1) is 6.92 Å². The van der Waals surface area contributed by atoms with Gasteiger partial charge in [0.2, 0.25) is 10.0 Å². The van der Waals surface area contributed by atoms with Crippen molar-refractivity contribution in [3.63, 3.8) is 0 Å². The molecule has 1 N–H and O–H groups in total. The Morgan fingerprint density at radius 1 is 1.25 bits per heavy atom. The third-order valence-corrected chi connectivity index (χ3v) is 7.20. The highest BCUT2D eigenvalue weighted by Gasteiger charge is 2.31. The van der Waals surface area contributed by atoms with Crippen molar-refractivity contribution in [2.75, 3.05) is 13.1 Å². The van der Waals surface area contributed by atoms with Gasteiger partial charge < -0.3 is 5.32 Å². The summed E-state index contributed by atoms with van der Waals surface area (Å²) in [5, 5.41) is 2.87. The molecule has 1 amide bonds. The molecule has 0 aliphatic carbocycles. The second-order valence-corrected chi connectivity index (χ2v) is 9.15. The molecule has 1 atom stereocenters. The molecule has 2 heterocycles. The predicted octanol–water partition coefficient (Wildman–Crippen LogP) is 2.93. The lowest BCUT2D eigenvalue weighted by atomic mass is 10.1. The SMILES string of the molecule is Cc1ccc(S(=O)(=O)N2CCCC[C@H]2C)cc1C(=O)NCCc1ccccn1. The Labute approximate surface area is 167 Å². The van der Waals surface area contributed by atoms with Gasteiger partial charge in [-0.15, -0.1) is 0 Å². The average Bonchev–Trinajstić information content (AvgIpc) is 2.69. The van der Waals surface area contributed by atoms with E-state index in [4.69, 9.17) is 0 Å². The number of hydrogen-bond donors (Lipinski definition) is 1. The van der Waals surface area contributed by atoms with Crippen LogP contribution in [0.2, 0.25) is 0 Å². The molecule has 0 bridgehead atoms. The van der Waals surface area contributed by atoms with Crippen molar-refractivity contribution in [3.8, 4) is 0 Å². The van der Waals surface area contributed by atoms with Gasteiger partial charge >= 0.3 is 0 Å². The van der Waals surface area contributed by atoms with Crippen LogP contribution in [0.3, 0.4) is 0 Å². The van der Waals surface area contributed by atoms with E-state index in [-0.39, 0.29) is 16.8 Å². The second-order valence-electron chi connectivity index (χ2n) is 7.26. The zero-order chi connectivity index (χ0) is 20.1. The number of aromatic nitrogens is 1. The summed E-state index contributed by atoms with van der Waals surface area (Å²) in [5.74, 6) is -0.267. The van der Waals surface area contributed by atoms with Crippen molar-refractivity contribution in [2.24, 2.45) is 0 Å². The molecule has 0 saturated carbocycles. The first-order chi connectivity index (χ1) is 13.4. The zero-order valence-corrected chi connectivity index (χ0v) is 17.2. The molecule has 3 rings (SSSR count). The summed E-state index contributed by atoms with van der Waals surface area (Å²) >= 11 is 0. The molecular formula is C21H27N3O3S. The molecular weight excluding hydrogens is 374 g/mol. The predicted molar refractivity (Wildman–Crippen MR) is 109 cm³/mol. The van der Waals surface area contributed by atoms with E-state index in [1.165, 1.54) is 6.07 Å². The summed E-state index contributed by atoms with van der Waals surface area (Å²) in [6, 6.07) is 10.4. The molecule has 1 aliphatic heterocycles. The smallest absolute Gasteiger partial charge is 0.251 e. The van der Waals surface area contributed by atoms with Crippen LogP contribution in [0.15, 0.2) is 47.5 Å². The van der Waals surface area contributed by atoms with Gasteiger partial charge in [-0.25, -0.2) is 8.42 Å². The fourth-order valence-electron chi connectivity index (χ4n) is 3.52. The lowest BCUT2D eigenvalue weighted by Gasteiger charge is -2.32. The number of benzene rings is 1. The maximum atomic E-state index is 13.1. The van der Waals surface area contributed by atoms with Crippen molar-refractivity contribution in [3.05, 3.63) is 59.4 Å². The summed E-state index contributed by atoms with van der Waals surface area (Å²) < 4.78 is 27.7. The number of aryl methyl sites for hydroxylation is 1. The number of pyridine rings is 1. The molecule has 1 aromatic carbocycles. The number of carbonyl (C=O) groups excluding carboxylic acids is 1. The van der Waals surface area contributed by atoms with Crippen LogP contribution in [-0.4, -0.2) is 42.7 Å². The number of sulfonamides is 1. The van der Waals surface area contributed by atoms with Crippen LogP contribution in [0.4, 0.5) is 0 Å². The fraction of sp³-hybridized carbons (Fsp3) is 0.429. The summed E-state index contributed by atoms with van der Waals surface area (Å²) in [7, 11) is -3.60. The van der Waals surface area contributed by atoms with Crippen molar-refractivity contribution in [2.45, 2.75) is 50.5 Å². The van der Waals surface area contributed by atoms with Crippen molar-refractivity contribution in [1.82, 2.24) is 14.6 Å². The van der Waals surface area contributed by atoms with Crippen LogP contribution in [-0.2, 0) is 16.4 Å². The van der Waals surface area contributed by atoms with E-state index in [9.17, 15) is 13.2 Å². The summed E-state index contributed by atoms with van der Waals surface area (Å²) in [6.07, 6.45) is 5.12. The molecule has 1 saturated heterocycles. The third kappa shape index (κ3) is 4.59. The van der Waals surface area contributed by atoms with Crippen molar-refractivity contribution < 1.29 is 13.2 Å². The normalized spacial score (nSPS) is 18.0. The summed E-state index contributed by atoms with van der Waals surface area (Å²) in [6.45, 7) is 4.72. The molecule has 0 radical (unpaired) electrons. The van der Waals surface area contributed by atoms with Gasteiger partial charge in [-0.3, -0.25) is 9.78 Å². The molecule has 150 valence electrons. The highest BCUT2D eigenvalue weighted by atomic mass is 32.2. The highest BCUT2D eigenvalue weighted by Crippen LogP contribution is 2.26. The van der Waals surface area contributed by atoms with Gasteiger partial charge in [0.05, 0.1) is 4.90 Å². The van der Waals surface area contributed by atoms with Gasteiger partial charge in [0, 0.05) is 43.0 Å². The Morgan fingerprint density at radius 3 is 2.79 bits per heavy atom. The van der Waals surface area contributed by atoms with E-state index >= 15 is 0 Å². The zero-order valence-electron chi connectivity index (χ0n) is 16.4. The number of nitrogens with one attached hydrogen (secondary N) is 1. The molecule has 1 aliphatic rings. The van der Waals surface area contributed by atoms with E-state index in [1.54, 1.807) is 22.6 Å². The summed E-state index contributed by atoms with van der Waals surface area (Å²) in [4.78, 5) is 17.1. The van der Waals surface area contributed by atoms with Crippen LogP contribution >= 0.6 is 0 Å². The largest absolute Gasteiger partial charge is 0.352 e. The Morgan fingerprint density at radius 2 is 2.07 bits per heavy atom. The number of piperidine rings is 1. The Hall–Kier alpha value is -2.25. The molecule has 28 heavy (non-hydrogen) atoms. The minimum absolute atomic E-state index is 0.0179. The van der Waals surface area contributed by atoms with E-state index < -0.39 is 10.0 Å². The number of hydrogen-bond acceptors (Lipinski definition) is 4. The average molecular weight is 402 g/mol. The van der Waals surface area contributed by atoms with E-state index in [0.29, 0.717) is 25.1 Å². The second kappa shape index (κ2) is 8.84. The topological polar surface area (TPSA) is 79.4 Å². The van der Waals surface area contributed by atoms with E-state index in [2.05, 4.69) is 10.3 Å². The molecule has 7 heteroatoms. The Kier molecular flexibility index (Phi) is 6.46. The van der Waals surface area contributed by atoms with Crippen molar-refractivity contribution >= 4 is 15.9 Å². The van der Waals surface area contributed by atoms with Gasteiger partial charge in [0.25, 0.3) is 5.91 Å². The Bertz CT molecular complexity index is 929. The monoisotopic (exact) mass is 401 g/mol. The lowest BCUT2D eigenvalue weighted by molar-refractivity contribution is 0.0953. The van der Waals surface area contributed by atoms with Gasteiger partial charge in [-0.05, 0) is 56.5 Å². The maximum absolute atomic E-state index is 13.1. The summed E-state index contributed by atoms with van der Waals surface area (Å²) in [5.41, 5.74) is 2.04. The van der Waals surface area contributed by atoms with Crippen LogP contribution in [0.25, 0.3) is 0 Å². The third-order valence-electron chi connectivity index (χ3n) is 5.20. The molecule has 1 aromatic heterocycles. The number of nitrogens with zero attached hydrogens (tertiary/aromatic N) is 2. The fourth-order valence-corrected chi connectivity index (χ4v) is 5.24. The molecule has 0 unspecified atom stereocenters. The van der Waals surface area contributed by atoms with E-state index in [1.807, 2.05) is 32.0 Å².